The number of halogens is 1. The molecule has 4 rings (SSSR count). The third kappa shape index (κ3) is 4.24. The number of benzene rings is 1. The van der Waals surface area contributed by atoms with Crippen LogP contribution in [0.25, 0.3) is 0 Å². The number of carbonyl (C=O) groups is 1. The molecule has 1 aromatic carbocycles. The van der Waals surface area contributed by atoms with Gasteiger partial charge in [-0.1, -0.05) is 12.8 Å². The van der Waals surface area contributed by atoms with Crippen LogP contribution in [0.4, 0.5) is 15.9 Å². The Bertz CT molecular complexity index is 779. The number of carbonyl (C=O) groups excluding carboxylic acids is 1. The van der Waals surface area contributed by atoms with Crippen LogP contribution in [0.1, 0.15) is 36.2 Å². The first-order valence-electron chi connectivity index (χ1n) is 10.1. The zero-order chi connectivity index (χ0) is 19.3. The van der Waals surface area contributed by atoms with Crippen LogP contribution in [0, 0.1) is 5.82 Å². The molecule has 0 spiro atoms. The minimum Gasteiger partial charge on any atom is -0.368 e. The number of aromatic nitrogens is 2. The van der Waals surface area contributed by atoms with Crippen molar-refractivity contribution in [3.8, 4) is 0 Å². The van der Waals surface area contributed by atoms with E-state index in [-0.39, 0.29) is 11.7 Å². The maximum absolute atomic E-state index is 13.1. The second-order valence-corrected chi connectivity index (χ2v) is 7.42. The predicted octanol–water partition coefficient (Wildman–Crippen LogP) is 2.96. The first-order valence-corrected chi connectivity index (χ1v) is 10.1. The summed E-state index contributed by atoms with van der Waals surface area (Å²) in [4.78, 5) is 27.8. The molecule has 0 aliphatic carbocycles. The number of nitrogens with zero attached hydrogens (tertiary/aromatic N) is 5. The highest BCUT2D eigenvalue weighted by molar-refractivity contribution is 5.92. The second-order valence-electron chi connectivity index (χ2n) is 7.42. The fraction of sp³-hybridized carbons (Fsp3) is 0.476. The Morgan fingerprint density at radius 3 is 2.04 bits per heavy atom. The molecule has 2 fully saturated rings. The lowest BCUT2D eigenvalue weighted by Crippen LogP contribution is -2.46. The molecule has 1 aromatic heterocycles. The molecule has 2 saturated heterocycles. The number of amides is 1. The monoisotopic (exact) mass is 383 g/mol. The van der Waals surface area contributed by atoms with Gasteiger partial charge in [0.2, 0.25) is 0 Å². The molecule has 2 aliphatic heterocycles. The van der Waals surface area contributed by atoms with Gasteiger partial charge in [0.15, 0.2) is 0 Å². The quantitative estimate of drug-likeness (QED) is 0.816. The van der Waals surface area contributed by atoms with Crippen LogP contribution in [0.2, 0.25) is 0 Å². The first kappa shape index (κ1) is 18.7. The summed E-state index contributed by atoms with van der Waals surface area (Å²) in [6, 6.07) is 6.61. The van der Waals surface area contributed by atoms with Crippen molar-refractivity contribution in [2.45, 2.75) is 25.7 Å². The Labute approximate surface area is 165 Å². The highest BCUT2D eigenvalue weighted by Crippen LogP contribution is 2.20. The third-order valence-corrected chi connectivity index (χ3v) is 5.55. The molecule has 0 bridgehead atoms. The number of piperazine rings is 1. The molecule has 148 valence electrons. The second kappa shape index (κ2) is 8.54. The van der Waals surface area contributed by atoms with Crippen LogP contribution < -0.4 is 9.80 Å². The van der Waals surface area contributed by atoms with Gasteiger partial charge in [0.25, 0.3) is 5.91 Å². The molecule has 2 aliphatic rings. The van der Waals surface area contributed by atoms with Gasteiger partial charge in [-0.25, -0.2) is 14.4 Å². The van der Waals surface area contributed by atoms with Crippen molar-refractivity contribution in [2.75, 3.05) is 49.1 Å². The minimum absolute atomic E-state index is 0.0120. The predicted molar refractivity (Wildman–Crippen MR) is 107 cm³/mol. The van der Waals surface area contributed by atoms with Crippen molar-refractivity contribution < 1.29 is 9.18 Å². The molecule has 7 heteroatoms. The lowest BCUT2D eigenvalue weighted by molar-refractivity contribution is 0.0755. The lowest BCUT2D eigenvalue weighted by Gasteiger charge is -2.36. The van der Waals surface area contributed by atoms with E-state index in [1.807, 2.05) is 17.0 Å². The summed E-state index contributed by atoms with van der Waals surface area (Å²) in [6.07, 6.45) is 7.83. The van der Waals surface area contributed by atoms with Crippen molar-refractivity contribution in [3.05, 3.63) is 48.2 Å². The Morgan fingerprint density at radius 1 is 0.786 bits per heavy atom. The molecular formula is C21H26FN5O. The summed E-state index contributed by atoms with van der Waals surface area (Å²) in [6.45, 7) is 4.92. The fourth-order valence-corrected chi connectivity index (χ4v) is 3.88. The summed E-state index contributed by atoms with van der Waals surface area (Å²) in [5, 5.41) is 0. The molecule has 6 nitrogen and oxygen atoms in total. The molecule has 28 heavy (non-hydrogen) atoms. The normalized spacial score (nSPS) is 18.1. The van der Waals surface area contributed by atoms with Crippen LogP contribution in [-0.2, 0) is 0 Å². The van der Waals surface area contributed by atoms with E-state index in [1.54, 1.807) is 12.4 Å². The Kier molecular flexibility index (Phi) is 5.69. The van der Waals surface area contributed by atoms with E-state index < -0.39 is 0 Å². The topological polar surface area (TPSA) is 52.6 Å². The summed E-state index contributed by atoms with van der Waals surface area (Å²) < 4.78 is 13.1. The van der Waals surface area contributed by atoms with E-state index >= 15 is 0 Å². The zero-order valence-corrected chi connectivity index (χ0v) is 16.1. The maximum atomic E-state index is 13.1. The van der Waals surface area contributed by atoms with Gasteiger partial charge in [0.1, 0.15) is 17.3 Å². The van der Waals surface area contributed by atoms with Gasteiger partial charge in [0.05, 0.1) is 12.4 Å². The summed E-state index contributed by atoms with van der Waals surface area (Å²) in [7, 11) is 0. The van der Waals surface area contributed by atoms with Gasteiger partial charge >= 0.3 is 0 Å². The van der Waals surface area contributed by atoms with Crippen LogP contribution in [0.3, 0.4) is 0 Å². The molecule has 0 unspecified atom stereocenters. The van der Waals surface area contributed by atoms with Gasteiger partial charge in [-0.3, -0.25) is 4.79 Å². The molecule has 0 radical (unpaired) electrons. The third-order valence-electron chi connectivity index (χ3n) is 5.55. The van der Waals surface area contributed by atoms with Crippen molar-refractivity contribution in [1.29, 1.82) is 0 Å². The Morgan fingerprint density at radius 2 is 1.43 bits per heavy atom. The van der Waals surface area contributed by atoms with Gasteiger partial charge in [-0.05, 0) is 37.1 Å². The fourth-order valence-electron chi connectivity index (χ4n) is 3.88. The zero-order valence-electron chi connectivity index (χ0n) is 16.1. The summed E-state index contributed by atoms with van der Waals surface area (Å²) >= 11 is 0. The van der Waals surface area contributed by atoms with E-state index in [2.05, 4.69) is 19.8 Å². The van der Waals surface area contributed by atoms with Crippen LogP contribution in [0.15, 0.2) is 36.7 Å². The smallest absolute Gasteiger partial charge is 0.274 e. The largest absolute Gasteiger partial charge is 0.368 e. The van der Waals surface area contributed by atoms with Crippen molar-refractivity contribution in [3.63, 3.8) is 0 Å². The van der Waals surface area contributed by atoms with Crippen molar-refractivity contribution in [1.82, 2.24) is 14.9 Å². The molecule has 3 heterocycles. The molecular weight excluding hydrogens is 357 g/mol. The number of rotatable bonds is 3. The minimum atomic E-state index is -0.215. The van der Waals surface area contributed by atoms with E-state index in [9.17, 15) is 9.18 Å². The van der Waals surface area contributed by atoms with Crippen molar-refractivity contribution >= 4 is 17.4 Å². The van der Waals surface area contributed by atoms with E-state index in [1.165, 1.54) is 25.0 Å². The van der Waals surface area contributed by atoms with Crippen LogP contribution in [0.5, 0.6) is 0 Å². The molecule has 0 atom stereocenters. The van der Waals surface area contributed by atoms with Gasteiger partial charge < -0.3 is 14.7 Å². The Hall–Kier alpha value is -2.70. The van der Waals surface area contributed by atoms with Gasteiger partial charge in [-0.15, -0.1) is 0 Å². The summed E-state index contributed by atoms with van der Waals surface area (Å²) in [5.41, 5.74) is 1.46. The van der Waals surface area contributed by atoms with E-state index in [4.69, 9.17) is 0 Å². The van der Waals surface area contributed by atoms with E-state index in [0.717, 1.165) is 63.6 Å². The average Bonchev–Trinajstić information content (AvgIpc) is 3.04. The Balaban J connectivity index is 1.35. The SMILES string of the molecule is O=C(c1cnc(N2CCN(c3ccc(F)cc3)CC2)cn1)N1CCCCCC1. The van der Waals surface area contributed by atoms with Gasteiger partial charge in [-0.2, -0.15) is 0 Å². The van der Waals surface area contributed by atoms with Crippen LogP contribution >= 0.6 is 0 Å². The molecule has 1 amide bonds. The highest BCUT2D eigenvalue weighted by atomic mass is 19.1. The van der Waals surface area contributed by atoms with Crippen LogP contribution in [-0.4, -0.2) is 60.0 Å². The first-order chi connectivity index (χ1) is 13.7. The number of anilines is 2. The number of hydrogen-bond donors (Lipinski definition) is 0. The number of hydrogen-bond acceptors (Lipinski definition) is 5. The molecule has 0 N–H and O–H groups in total. The maximum Gasteiger partial charge on any atom is 0.274 e. The van der Waals surface area contributed by atoms with Gasteiger partial charge in [0, 0.05) is 45.0 Å². The molecule has 0 saturated carbocycles. The van der Waals surface area contributed by atoms with E-state index in [0.29, 0.717) is 5.69 Å². The average molecular weight is 383 g/mol. The summed E-state index contributed by atoms with van der Waals surface area (Å²) in [5.74, 6) is 0.570. The van der Waals surface area contributed by atoms with Crippen molar-refractivity contribution in [2.24, 2.45) is 0 Å². The standard InChI is InChI=1S/C21H26FN5O/c22-17-5-7-18(8-6-17)25-11-13-26(14-12-25)20-16-23-19(15-24-20)21(28)27-9-3-1-2-4-10-27/h5-8,15-16H,1-4,9-14H2. The molecule has 2 aromatic rings. The number of likely N-dealkylation sites (tertiary alicyclic amines) is 1. The highest BCUT2D eigenvalue weighted by Gasteiger charge is 2.21. The lowest BCUT2D eigenvalue weighted by atomic mass is 10.2.